The fourth-order valence-electron chi connectivity index (χ4n) is 2.75. The summed E-state index contributed by atoms with van der Waals surface area (Å²) in [4.78, 5) is 6.89. The number of hydrogen-bond acceptors (Lipinski definition) is 4. The summed E-state index contributed by atoms with van der Waals surface area (Å²) in [6, 6.07) is 12.2. The van der Waals surface area contributed by atoms with Crippen LogP contribution in [0, 0.1) is 0 Å². The minimum absolute atomic E-state index is 0. The Hall–Kier alpha value is -1.78. The Bertz CT molecular complexity index is 709. The molecule has 0 atom stereocenters. The van der Waals surface area contributed by atoms with Gasteiger partial charge in [0.25, 0.3) is 0 Å². The van der Waals surface area contributed by atoms with Gasteiger partial charge in [0.1, 0.15) is 12.4 Å². The Balaban J connectivity index is 0.00000450. The molecule has 0 saturated heterocycles. The molecule has 0 fully saturated rings. The monoisotopic (exact) mass is 529 g/mol. The van der Waals surface area contributed by atoms with Crippen molar-refractivity contribution in [3.63, 3.8) is 0 Å². The normalized spacial score (nSPS) is 11.3. The number of nitrogens with one attached hydrogen (secondary N) is 2. The molecule has 0 radical (unpaired) electrons. The zero-order valence-electron chi connectivity index (χ0n) is 18.3. The summed E-state index contributed by atoms with van der Waals surface area (Å²) in [5.74, 6) is 1.70. The Labute approximate surface area is 197 Å². The molecule has 1 aromatic carbocycles. The van der Waals surface area contributed by atoms with E-state index in [1.54, 1.807) is 7.11 Å². The second-order valence-electron chi connectivity index (χ2n) is 6.83. The van der Waals surface area contributed by atoms with Gasteiger partial charge in [0.05, 0.1) is 13.2 Å². The SMILES string of the molecule is CCNC(=NCc1cccc(OCCN(C)CCOC)c1)NCCn1cccc1.I. The lowest BCUT2D eigenvalue weighted by molar-refractivity contribution is 0.150. The fraction of sp³-hybridized carbons (Fsp3) is 0.500. The van der Waals surface area contributed by atoms with Crippen LogP contribution in [0.4, 0.5) is 0 Å². The molecular weight excluding hydrogens is 493 g/mol. The van der Waals surface area contributed by atoms with Crippen LogP contribution < -0.4 is 15.4 Å². The van der Waals surface area contributed by atoms with E-state index < -0.39 is 0 Å². The van der Waals surface area contributed by atoms with Crippen molar-refractivity contribution in [1.82, 2.24) is 20.1 Å². The molecule has 2 N–H and O–H groups in total. The first-order valence-electron chi connectivity index (χ1n) is 10.2. The van der Waals surface area contributed by atoms with Crippen LogP contribution in [0.25, 0.3) is 0 Å². The summed E-state index contributed by atoms with van der Waals surface area (Å²) < 4.78 is 13.1. The summed E-state index contributed by atoms with van der Waals surface area (Å²) in [5, 5.41) is 6.67. The first-order valence-corrected chi connectivity index (χ1v) is 10.2. The number of ether oxygens (including phenoxy) is 2. The standard InChI is InChI=1S/C22H35N5O2.HI/c1-4-23-22(24-10-13-27-11-5-6-12-27)25-19-20-8-7-9-21(18-20)29-17-15-26(2)14-16-28-3;/h5-9,11-12,18H,4,10,13-17,19H2,1-3H3,(H2,23,24,25);1H. The summed E-state index contributed by atoms with van der Waals surface area (Å²) in [6.45, 7) is 8.37. The van der Waals surface area contributed by atoms with Gasteiger partial charge < -0.3 is 29.6 Å². The second kappa shape index (κ2) is 16.0. The summed E-state index contributed by atoms with van der Waals surface area (Å²) in [6.07, 6.45) is 4.12. The lowest BCUT2D eigenvalue weighted by Crippen LogP contribution is -2.38. The molecule has 2 rings (SSSR count). The third-order valence-electron chi connectivity index (χ3n) is 4.41. The number of guanidine groups is 1. The van der Waals surface area contributed by atoms with Crippen LogP contribution >= 0.6 is 24.0 Å². The van der Waals surface area contributed by atoms with Crippen molar-refractivity contribution in [3.05, 3.63) is 54.4 Å². The number of benzene rings is 1. The van der Waals surface area contributed by atoms with Crippen LogP contribution in [0.1, 0.15) is 12.5 Å². The molecule has 0 bridgehead atoms. The van der Waals surface area contributed by atoms with Crippen LogP contribution in [0.2, 0.25) is 0 Å². The van der Waals surface area contributed by atoms with Gasteiger partial charge in [-0.05, 0) is 43.8 Å². The zero-order chi connectivity index (χ0) is 20.7. The lowest BCUT2D eigenvalue weighted by atomic mass is 10.2. The Morgan fingerprint density at radius 2 is 1.87 bits per heavy atom. The molecule has 0 aliphatic heterocycles. The first-order chi connectivity index (χ1) is 14.2. The average molecular weight is 529 g/mol. The van der Waals surface area contributed by atoms with Crippen molar-refractivity contribution in [2.24, 2.45) is 4.99 Å². The van der Waals surface area contributed by atoms with Crippen LogP contribution in [0.15, 0.2) is 53.8 Å². The predicted octanol–water partition coefficient (Wildman–Crippen LogP) is 2.82. The molecule has 168 valence electrons. The van der Waals surface area contributed by atoms with E-state index >= 15 is 0 Å². The molecule has 1 aromatic heterocycles. The lowest BCUT2D eigenvalue weighted by Gasteiger charge is -2.16. The maximum atomic E-state index is 5.89. The van der Waals surface area contributed by atoms with Crippen LogP contribution in [-0.2, 0) is 17.8 Å². The molecule has 0 aliphatic rings. The highest BCUT2D eigenvalue weighted by molar-refractivity contribution is 14.0. The Morgan fingerprint density at radius 1 is 1.10 bits per heavy atom. The number of likely N-dealkylation sites (N-methyl/N-ethyl adjacent to an activating group) is 1. The van der Waals surface area contributed by atoms with Gasteiger partial charge in [-0.15, -0.1) is 24.0 Å². The molecule has 0 saturated carbocycles. The highest BCUT2D eigenvalue weighted by Gasteiger charge is 2.02. The number of aliphatic imine (C=N–C) groups is 1. The smallest absolute Gasteiger partial charge is 0.191 e. The molecule has 2 aromatic rings. The quantitative estimate of drug-likeness (QED) is 0.238. The topological polar surface area (TPSA) is 63.1 Å². The van der Waals surface area contributed by atoms with Crippen molar-refractivity contribution in [2.45, 2.75) is 20.0 Å². The van der Waals surface area contributed by atoms with E-state index in [4.69, 9.17) is 14.5 Å². The van der Waals surface area contributed by atoms with Gasteiger partial charge in [-0.2, -0.15) is 0 Å². The highest BCUT2D eigenvalue weighted by atomic mass is 127. The number of methoxy groups -OCH3 is 1. The van der Waals surface area contributed by atoms with Crippen LogP contribution in [-0.4, -0.2) is 69.0 Å². The zero-order valence-corrected chi connectivity index (χ0v) is 20.7. The van der Waals surface area contributed by atoms with E-state index in [1.807, 2.05) is 24.3 Å². The molecule has 0 amide bonds. The van der Waals surface area contributed by atoms with Crippen molar-refractivity contribution >= 4 is 29.9 Å². The van der Waals surface area contributed by atoms with Crippen molar-refractivity contribution in [1.29, 1.82) is 0 Å². The molecule has 0 aliphatic carbocycles. The number of aromatic nitrogens is 1. The molecule has 7 nitrogen and oxygen atoms in total. The molecular formula is C22H36IN5O2. The van der Waals surface area contributed by atoms with Gasteiger partial charge >= 0.3 is 0 Å². The molecule has 0 unspecified atom stereocenters. The first kappa shape index (κ1) is 26.3. The third kappa shape index (κ3) is 10.8. The Kier molecular flexibility index (Phi) is 14.0. The van der Waals surface area contributed by atoms with Crippen molar-refractivity contribution < 1.29 is 9.47 Å². The van der Waals surface area contributed by atoms with Crippen LogP contribution in [0.3, 0.4) is 0 Å². The molecule has 0 spiro atoms. The van der Waals surface area contributed by atoms with Gasteiger partial charge in [0.2, 0.25) is 0 Å². The summed E-state index contributed by atoms with van der Waals surface area (Å²) >= 11 is 0. The van der Waals surface area contributed by atoms with Gasteiger partial charge in [0, 0.05) is 52.2 Å². The fourth-order valence-corrected chi connectivity index (χ4v) is 2.75. The Morgan fingerprint density at radius 3 is 2.60 bits per heavy atom. The third-order valence-corrected chi connectivity index (χ3v) is 4.41. The average Bonchev–Trinajstić information content (AvgIpc) is 3.24. The van der Waals surface area contributed by atoms with Crippen LogP contribution in [0.5, 0.6) is 5.75 Å². The summed E-state index contributed by atoms with van der Waals surface area (Å²) in [7, 11) is 3.79. The van der Waals surface area contributed by atoms with E-state index in [0.717, 1.165) is 56.6 Å². The minimum Gasteiger partial charge on any atom is -0.492 e. The predicted molar refractivity (Wildman–Crippen MR) is 134 cm³/mol. The molecule has 30 heavy (non-hydrogen) atoms. The largest absolute Gasteiger partial charge is 0.492 e. The van der Waals surface area contributed by atoms with Gasteiger partial charge in [0.15, 0.2) is 5.96 Å². The molecule has 1 heterocycles. The number of halogens is 1. The highest BCUT2D eigenvalue weighted by Crippen LogP contribution is 2.14. The van der Waals surface area contributed by atoms with E-state index in [1.165, 1.54) is 0 Å². The van der Waals surface area contributed by atoms with Crippen molar-refractivity contribution in [3.8, 4) is 5.75 Å². The number of nitrogens with zero attached hydrogens (tertiary/aromatic N) is 3. The van der Waals surface area contributed by atoms with Gasteiger partial charge in [-0.25, -0.2) is 4.99 Å². The van der Waals surface area contributed by atoms with E-state index in [-0.39, 0.29) is 24.0 Å². The number of hydrogen-bond donors (Lipinski definition) is 2. The maximum Gasteiger partial charge on any atom is 0.191 e. The van der Waals surface area contributed by atoms with Gasteiger partial charge in [-0.3, -0.25) is 0 Å². The summed E-state index contributed by atoms with van der Waals surface area (Å²) in [5.41, 5.74) is 1.12. The molecule has 8 heteroatoms. The maximum absolute atomic E-state index is 5.89. The second-order valence-corrected chi connectivity index (χ2v) is 6.83. The van der Waals surface area contributed by atoms with Crippen molar-refractivity contribution in [2.75, 3.05) is 53.6 Å². The van der Waals surface area contributed by atoms with E-state index in [2.05, 4.69) is 58.6 Å². The minimum atomic E-state index is 0. The number of rotatable bonds is 13. The van der Waals surface area contributed by atoms with Gasteiger partial charge in [-0.1, -0.05) is 12.1 Å². The van der Waals surface area contributed by atoms with E-state index in [9.17, 15) is 0 Å². The van der Waals surface area contributed by atoms with E-state index in [0.29, 0.717) is 13.2 Å².